The molecule has 1 aromatic rings. The number of ether oxygens (including phenoxy) is 1. The zero-order valence-electron chi connectivity index (χ0n) is 11.1. The molecule has 2 rings (SSSR count). The Balaban J connectivity index is 2.29. The van der Waals surface area contributed by atoms with E-state index < -0.39 is 0 Å². The first kappa shape index (κ1) is 12.4. The lowest BCUT2D eigenvalue weighted by Crippen LogP contribution is -2.13. The molecule has 0 amide bonds. The summed E-state index contributed by atoms with van der Waals surface area (Å²) in [5, 5.41) is 0. The molecule has 2 heteroatoms. The fourth-order valence-electron chi connectivity index (χ4n) is 2.29. The molecule has 17 heavy (non-hydrogen) atoms. The van der Waals surface area contributed by atoms with Crippen LogP contribution in [0.25, 0.3) is 0 Å². The van der Waals surface area contributed by atoms with E-state index in [0.29, 0.717) is 11.8 Å². The van der Waals surface area contributed by atoms with Crippen LogP contribution >= 0.6 is 0 Å². The van der Waals surface area contributed by atoms with Crippen LogP contribution in [0.1, 0.15) is 56.2 Å². The van der Waals surface area contributed by atoms with Gasteiger partial charge in [-0.1, -0.05) is 26.0 Å². The van der Waals surface area contributed by atoms with Crippen molar-refractivity contribution in [3.8, 4) is 5.75 Å². The maximum atomic E-state index is 6.26. The van der Waals surface area contributed by atoms with Crippen molar-refractivity contribution in [3.05, 3.63) is 29.3 Å². The van der Waals surface area contributed by atoms with Gasteiger partial charge in [0.05, 0.1) is 7.11 Å². The normalized spacial score (nSPS) is 18.8. The third kappa shape index (κ3) is 2.63. The molecule has 0 bridgehead atoms. The van der Waals surface area contributed by atoms with Crippen LogP contribution in [-0.4, -0.2) is 7.11 Å². The van der Waals surface area contributed by atoms with Crippen LogP contribution in [0, 0.1) is 5.92 Å². The molecule has 0 radical (unpaired) electrons. The standard InChI is InChI=1S/C15H23NO/c1-4-10(2)13-9-12(7-8-14(13)17-3)15(16)11-5-6-11/h7-11,15H,4-6,16H2,1-3H3. The van der Waals surface area contributed by atoms with Crippen molar-refractivity contribution < 1.29 is 4.74 Å². The summed E-state index contributed by atoms with van der Waals surface area (Å²) in [7, 11) is 1.74. The molecule has 2 N–H and O–H groups in total. The predicted molar refractivity (Wildman–Crippen MR) is 71.4 cm³/mol. The third-order valence-corrected chi connectivity index (χ3v) is 3.91. The Morgan fingerprint density at radius 2 is 2.12 bits per heavy atom. The molecule has 0 aliphatic heterocycles. The van der Waals surface area contributed by atoms with E-state index in [1.54, 1.807) is 7.11 Å². The highest BCUT2D eigenvalue weighted by atomic mass is 16.5. The second-order valence-electron chi connectivity index (χ2n) is 5.17. The highest BCUT2D eigenvalue weighted by Crippen LogP contribution is 2.41. The minimum atomic E-state index is 0.212. The van der Waals surface area contributed by atoms with E-state index in [2.05, 4.69) is 32.0 Å². The summed E-state index contributed by atoms with van der Waals surface area (Å²) in [5.74, 6) is 2.22. The summed E-state index contributed by atoms with van der Waals surface area (Å²) in [6.45, 7) is 4.45. The maximum absolute atomic E-state index is 6.26. The number of nitrogens with two attached hydrogens (primary N) is 1. The minimum Gasteiger partial charge on any atom is -0.496 e. The molecule has 1 aromatic carbocycles. The summed E-state index contributed by atoms with van der Waals surface area (Å²) < 4.78 is 5.44. The first-order valence-corrected chi connectivity index (χ1v) is 6.60. The van der Waals surface area contributed by atoms with E-state index in [1.807, 2.05) is 0 Å². The highest BCUT2D eigenvalue weighted by molar-refractivity contribution is 5.40. The molecule has 94 valence electrons. The molecule has 1 saturated carbocycles. The molecule has 2 nitrogen and oxygen atoms in total. The van der Waals surface area contributed by atoms with Crippen molar-refractivity contribution in [2.24, 2.45) is 11.7 Å². The molecule has 1 aliphatic carbocycles. The van der Waals surface area contributed by atoms with Gasteiger partial charge in [-0.15, -0.1) is 0 Å². The van der Waals surface area contributed by atoms with Crippen molar-refractivity contribution in [2.75, 3.05) is 7.11 Å². The molecule has 2 unspecified atom stereocenters. The lowest BCUT2D eigenvalue weighted by atomic mass is 9.93. The maximum Gasteiger partial charge on any atom is 0.122 e. The molecule has 0 aromatic heterocycles. The number of hydrogen-bond acceptors (Lipinski definition) is 2. The predicted octanol–water partition coefficient (Wildman–Crippen LogP) is 3.62. The first-order chi connectivity index (χ1) is 8.17. The van der Waals surface area contributed by atoms with Gasteiger partial charge in [0.1, 0.15) is 5.75 Å². The molecular formula is C15H23NO. The Kier molecular flexibility index (Phi) is 3.72. The van der Waals surface area contributed by atoms with Gasteiger partial charge in [-0.05, 0) is 48.3 Å². The molecule has 1 fully saturated rings. The Morgan fingerprint density at radius 3 is 2.65 bits per heavy atom. The van der Waals surface area contributed by atoms with Gasteiger partial charge < -0.3 is 10.5 Å². The lowest BCUT2D eigenvalue weighted by Gasteiger charge is -2.18. The monoisotopic (exact) mass is 233 g/mol. The zero-order chi connectivity index (χ0) is 12.4. The highest BCUT2D eigenvalue weighted by Gasteiger charge is 2.30. The van der Waals surface area contributed by atoms with Crippen molar-refractivity contribution >= 4 is 0 Å². The summed E-state index contributed by atoms with van der Waals surface area (Å²) in [6.07, 6.45) is 3.69. The Bertz CT molecular complexity index is 385. The van der Waals surface area contributed by atoms with Crippen LogP contribution in [-0.2, 0) is 0 Å². The molecule has 0 saturated heterocycles. The summed E-state index contributed by atoms with van der Waals surface area (Å²) in [4.78, 5) is 0. The van der Waals surface area contributed by atoms with Gasteiger partial charge in [0.15, 0.2) is 0 Å². The van der Waals surface area contributed by atoms with Crippen molar-refractivity contribution in [1.82, 2.24) is 0 Å². The molecule has 1 aliphatic rings. The summed E-state index contributed by atoms with van der Waals surface area (Å²) >= 11 is 0. The largest absolute Gasteiger partial charge is 0.496 e. The van der Waals surface area contributed by atoms with Gasteiger partial charge in [-0.3, -0.25) is 0 Å². The van der Waals surface area contributed by atoms with Crippen LogP contribution in [0.5, 0.6) is 5.75 Å². The van der Waals surface area contributed by atoms with Gasteiger partial charge in [0, 0.05) is 6.04 Å². The fourth-order valence-corrected chi connectivity index (χ4v) is 2.29. The molecular weight excluding hydrogens is 210 g/mol. The fraction of sp³-hybridized carbons (Fsp3) is 0.600. The third-order valence-electron chi connectivity index (χ3n) is 3.91. The quantitative estimate of drug-likeness (QED) is 0.843. The van der Waals surface area contributed by atoms with E-state index in [9.17, 15) is 0 Å². The van der Waals surface area contributed by atoms with Gasteiger partial charge in [-0.2, -0.15) is 0 Å². The van der Waals surface area contributed by atoms with Gasteiger partial charge in [0.25, 0.3) is 0 Å². The van der Waals surface area contributed by atoms with Gasteiger partial charge >= 0.3 is 0 Å². The van der Waals surface area contributed by atoms with Crippen LogP contribution in [0.3, 0.4) is 0 Å². The van der Waals surface area contributed by atoms with E-state index in [1.165, 1.54) is 24.0 Å². The zero-order valence-corrected chi connectivity index (χ0v) is 11.1. The van der Waals surface area contributed by atoms with E-state index in [0.717, 1.165) is 12.2 Å². The minimum absolute atomic E-state index is 0.212. The van der Waals surface area contributed by atoms with Gasteiger partial charge in [-0.25, -0.2) is 0 Å². The average molecular weight is 233 g/mol. The number of methoxy groups -OCH3 is 1. The van der Waals surface area contributed by atoms with Crippen molar-refractivity contribution in [1.29, 1.82) is 0 Å². The SMILES string of the molecule is CCC(C)c1cc(C(N)C2CC2)ccc1OC. The summed E-state index contributed by atoms with van der Waals surface area (Å²) in [5.41, 5.74) is 8.82. The average Bonchev–Trinajstić information content (AvgIpc) is 3.20. The van der Waals surface area contributed by atoms with E-state index in [4.69, 9.17) is 10.5 Å². The molecule has 0 heterocycles. The van der Waals surface area contributed by atoms with Gasteiger partial charge in [0.2, 0.25) is 0 Å². The van der Waals surface area contributed by atoms with Crippen LogP contribution in [0.4, 0.5) is 0 Å². The van der Waals surface area contributed by atoms with Crippen LogP contribution < -0.4 is 10.5 Å². The Hall–Kier alpha value is -1.02. The van der Waals surface area contributed by atoms with Crippen molar-refractivity contribution in [2.45, 2.75) is 45.1 Å². The smallest absolute Gasteiger partial charge is 0.122 e. The Labute approximate surface area is 104 Å². The number of hydrogen-bond donors (Lipinski definition) is 1. The topological polar surface area (TPSA) is 35.2 Å². The van der Waals surface area contributed by atoms with Crippen molar-refractivity contribution in [3.63, 3.8) is 0 Å². The second-order valence-corrected chi connectivity index (χ2v) is 5.17. The number of benzene rings is 1. The summed E-state index contributed by atoms with van der Waals surface area (Å²) in [6, 6.07) is 6.65. The van der Waals surface area contributed by atoms with Crippen LogP contribution in [0.15, 0.2) is 18.2 Å². The molecule has 2 atom stereocenters. The first-order valence-electron chi connectivity index (χ1n) is 6.60. The van der Waals surface area contributed by atoms with Crippen LogP contribution in [0.2, 0.25) is 0 Å². The second kappa shape index (κ2) is 5.09. The molecule has 0 spiro atoms. The van der Waals surface area contributed by atoms with E-state index in [-0.39, 0.29) is 6.04 Å². The number of rotatable bonds is 5. The Morgan fingerprint density at radius 1 is 1.41 bits per heavy atom. The van der Waals surface area contributed by atoms with E-state index >= 15 is 0 Å². The lowest BCUT2D eigenvalue weighted by molar-refractivity contribution is 0.405.